The van der Waals surface area contributed by atoms with Gasteiger partial charge in [-0.3, -0.25) is 14.4 Å². The maximum atomic E-state index is 13.9. The molecule has 0 saturated carbocycles. The van der Waals surface area contributed by atoms with E-state index in [-0.39, 0.29) is 23.6 Å². The molecule has 34 heavy (non-hydrogen) atoms. The van der Waals surface area contributed by atoms with Crippen LogP contribution in [0, 0.1) is 17.3 Å². The second-order valence-corrected chi connectivity index (χ2v) is 10.3. The smallest absolute Gasteiger partial charge is 0.240 e. The Bertz CT molecular complexity index is 1260. The van der Waals surface area contributed by atoms with E-state index in [4.69, 9.17) is 9.47 Å². The summed E-state index contributed by atoms with van der Waals surface area (Å²) >= 11 is 0. The first-order chi connectivity index (χ1) is 16.3. The number of anilines is 1. The lowest BCUT2D eigenvalue weighted by Gasteiger charge is -2.37. The minimum Gasteiger partial charge on any atom is -0.486 e. The molecule has 2 amide bonds. The van der Waals surface area contributed by atoms with Gasteiger partial charge in [-0.2, -0.15) is 0 Å². The Labute approximate surface area is 197 Å². The maximum absolute atomic E-state index is 13.9. The van der Waals surface area contributed by atoms with Crippen molar-refractivity contribution in [1.82, 2.24) is 4.90 Å². The maximum Gasteiger partial charge on any atom is 0.240 e. The number of amides is 2. The molecule has 7 heteroatoms. The first-order valence-electron chi connectivity index (χ1n) is 11.6. The summed E-state index contributed by atoms with van der Waals surface area (Å²) in [4.78, 5) is 44.7. The summed E-state index contributed by atoms with van der Waals surface area (Å²) in [6.45, 7) is 6.45. The van der Waals surface area contributed by atoms with Crippen molar-refractivity contribution < 1.29 is 23.9 Å². The predicted octanol–water partition coefficient (Wildman–Crippen LogP) is 3.59. The van der Waals surface area contributed by atoms with Crippen LogP contribution in [0.1, 0.15) is 37.9 Å². The van der Waals surface area contributed by atoms with Gasteiger partial charge in [0.05, 0.1) is 23.6 Å². The Morgan fingerprint density at radius 3 is 2.41 bits per heavy atom. The molecule has 4 atom stereocenters. The van der Waals surface area contributed by atoms with Crippen molar-refractivity contribution in [2.24, 2.45) is 17.3 Å². The van der Waals surface area contributed by atoms with E-state index < -0.39 is 23.3 Å². The van der Waals surface area contributed by atoms with Crippen LogP contribution in [-0.4, -0.2) is 41.8 Å². The fourth-order valence-electron chi connectivity index (χ4n) is 5.73. The molecule has 7 nitrogen and oxygen atoms in total. The predicted molar refractivity (Wildman–Crippen MR) is 125 cm³/mol. The first kappa shape index (κ1) is 21.0. The number of hydrogen-bond donors (Lipinski definition) is 0. The number of Topliss-reactive ketones (excluding diaryl/α,β-unsaturated/α-hetero) is 1. The van der Waals surface area contributed by atoms with E-state index in [1.807, 2.05) is 62.2 Å². The minimum absolute atomic E-state index is 0.0424. The number of fused-ring (bicyclic) bond motifs is 6. The van der Waals surface area contributed by atoms with Crippen molar-refractivity contribution in [3.8, 4) is 11.5 Å². The topological polar surface area (TPSA) is 76.1 Å². The number of benzene rings is 2. The third-order valence-corrected chi connectivity index (χ3v) is 7.25. The summed E-state index contributed by atoms with van der Waals surface area (Å²) in [6, 6.07) is 11.9. The Morgan fingerprint density at radius 2 is 1.65 bits per heavy atom. The van der Waals surface area contributed by atoms with Crippen LogP contribution >= 0.6 is 0 Å². The number of carbonyl (C=O) groups is 3. The number of hydrogen-bond acceptors (Lipinski definition) is 6. The van der Waals surface area contributed by atoms with Crippen molar-refractivity contribution in [2.45, 2.75) is 32.9 Å². The Morgan fingerprint density at radius 1 is 0.941 bits per heavy atom. The van der Waals surface area contributed by atoms with Gasteiger partial charge in [0.15, 0.2) is 17.3 Å². The zero-order valence-electron chi connectivity index (χ0n) is 19.4. The van der Waals surface area contributed by atoms with E-state index in [0.29, 0.717) is 30.4 Å². The summed E-state index contributed by atoms with van der Waals surface area (Å²) in [6.07, 6.45) is 3.85. The number of ether oxygens (including phenoxy) is 2. The van der Waals surface area contributed by atoms with Crippen molar-refractivity contribution in [3.05, 3.63) is 59.8 Å². The van der Waals surface area contributed by atoms with Gasteiger partial charge in [0.1, 0.15) is 19.3 Å². The Kier molecular flexibility index (Phi) is 4.43. The molecule has 174 valence electrons. The fourth-order valence-corrected chi connectivity index (χ4v) is 5.73. The molecule has 2 aromatic carbocycles. The van der Waals surface area contributed by atoms with Crippen molar-refractivity contribution in [3.63, 3.8) is 0 Å². The molecule has 6 rings (SSSR count). The molecule has 0 bridgehead atoms. The molecule has 0 unspecified atom stereocenters. The molecule has 2 aromatic rings. The zero-order chi connectivity index (χ0) is 23.8. The van der Waals surface area contributed by atoms with Crippen LogP contribution in [-0.2, 0) is 14.4 Å². The van der Waals surface area contributed by atoms with Gasteiger partial charge in [-0.1, -0.05) is 45.0 Å². The third-order valence-electron chi connectivity index (χ3n) is 7.25. The van der Waals surface area contributed by atoms with E-state index >= 15 is 0 Å². The molecule has 0 radical (unpaired) electrons. The molecular formula is C27H26N2O5. The number of carbonyl (C=O) groups excluding carboxylic acids is 3. The lowest BCUT2D eigenvalue weighted by molar-refractivity contribution is -0.135. The molecule has 2 saturated heterocycles. The van der Waals surface area contributed by atoms with Gasteiger partial charge >= 0.3 is 0 Å². The summed E-state index contributed by atoms with van der Waals surface area (Å²) in [7, 11) is 0. The first-order valence-corrected chi connectivity index (χ1v) is 11.6. The summed E-state index contributed by atoms with van der Waals surface area (Å²) in [5.41, 5.74) is 1.75. The van der Waals surface area contributed by atoms with E-state index in [1.54, 1.807) is 18.2 Å². The van der Waals surface area contributed by atoms with Crippen LogP contribution in [0.5, 0.6) is 11.5 Å². The quantitative estimate of drug-likeness (QED) is 0.641. The highest BCUT2D eigenvalue weighted by Gasteiger charge is 2.65. The van der Waals surface area contributed by atoms with Crippen LogP contribution < -0.4 is 14.4 Å². The van der Waals surface area contributed by atoms with Gasteiger partial charge in [-0.25, -0.2) is 4.90 Å². The van der Waals surface area contributed by atoms with Gasteiger partial charge < -0.3 is 14.4 Å². The number of nitrogens with zero attached hydrogens (tertiary/aromatic N) is 2. The SMILES string of the molecule is CC(C)(C)C(=O)[C@@H]1[C@@H]2C(=O)N(c3ccc4c(c3)OCCO4)C(=O)[C@H]2[C@@H]2c3ccccc3C=CN12. The van der Waals surface area contributed by atoms with E-state index in [2.05, 4.69) is 0 Å². The van der Waals surface area contributed by atoms with Crippen LogP contribution in [0.4, 0.5) is 5.69 Å². The highest BCUT2D eigenvalue weighted by molar-refractivity contribution is 6.24. The molecule has 0 spiro atoms. The van der Waals surface area contributed by atoms with Gasteiger partial charge in [-0.05, 0) is 29.3 Å². The average Bonchev–Trinajstić information content (AvgIpc) is 3.30. The average molecular weight is 459 g/mol. The van der Waals surface area contributed by atoms with Gasteiger partial charge in [0.2, 0.25) is 11.8 Å². The summed E-state index contributed by atoms with van der Waals surface area (Å²) in [5.74, 6) is -0.968. The molecule has 0 N–H and O–H groups in total. The van der Waals surface area contributed by atoms with Crippen molar-refractivity contribution >= 4 is 29.4 Å². The van der Waals surface area contributed by atoms with E-state index in [0.717, 1.165) is 11.1 Å². The van der Waals surface area contributed by atoms with E-state index in [1.165, 1.54) is 4.90 Å². The van der Waals surface area contributed by atoms with Crippen LogP contribution in [0.25, 0.3) is 6.08 Å². The molecule has 4 aliphatic heterocycles. The summed E-state index contributed by atoms with van der Waals surface area (Å²) in [5, 5.41) is 0. The second-order valence-electron chi connectivity index (χ2n) is 10.3. The molecule has 0 aromatic heterocycles. The minimum atomic E-state index is -0.756. The zero-order valence-corrected chi connectivity index (χ0v) is 19.4. The van der Waals surface area contributed by atoms with Crippen LogP contribution in [0.3, 0.4) is 0 Å². The van der Waals surface area contributed by atoms with Gasteiger partial charge in [0.25, 0.3) is 0 Å². The summed E-state index contributed by atoms with van der Waals surface area (Å²) < 4.78 is 11.3. The molecular weight excluding hydrogens is 432 g/mol. The van der Waals surface area contributed by atoms with E-state index in [9.17, 15) is 14.4 Å². The lowest BCUT2D eigenvalue weighted by atomic mass is 9.79. The second kappa shape index (κ2) is 7.19. The third kappa shape index (κ3) is 2.85. The normalized spacial score (nSPS) is 26.9. The Hall–Kier alpha value is -3.61. The van der Waals surface area contributed by atoms with Crippen LogP contribution in [0.2, 0.25) is 0 Å². The van der Waals surface area contributed by atoms with Crippen molar-refractivity contribution in [2.75, 3.05) is 18.1 Å². The monoisotopic (exact) mass is 458 g/mol. The number of ketones is 1. The van der Waals surface area contributed by atoms with Gasteiger partial charge in [0, 0.05) is 17.7 Å². The molecule has 4 aliphatic rings. The number of imide groups is 1. The molecule has 4 heterocycles. The van der Waals surface area contributed by atoms with Crippen LogP contribution in [0.15, 0.2) is 48.7 Å². The molecule has 0 aliphatic carbocycles. The molecule has 2 fully saturated rings. The van der Waals surface area contributed by atoms with Crippen molar-refractivity contribution in [1.29, 1.82) is 0 Å². The van der Waals surface area contributed by atoms with Gasteiger partial charge in [-0.15, -0.1) is 0 Å². The number of rotatable bonds is 2. The largest absolute Gasteiger partial charge is 0.486 e. The highest BCUT2D eigenvalue weighted by atomic mass is 16.6. The standard InChI is InChI=1S/C27H26N2O5/c1-27(2,3)24(30)23-21-20(22-17-7-5-4-6-15(17)10-11-28(22)23)25(31)29(26(21)32)16-8-9-18-19(14-16)34-13-12-33-18/h4-11,14,20-23H,12-13H2,1-3H3/t20-,21-,22+,23+/m1/s1. The lowest BCUT2D eigenvalue weighted by Crippen LogP contribution is -2.47. The fraction of sp³-hybridized carbons (Fsp3) is 0.370. The highest BCUT2D eigenvalue weighted by Crippen LogP contribution is 2.54. The Balaban J connectivity index is 1.47.